The van der Waals surface area contributed by atoms with Crippen molar-refractivity contribution in [3.8, 4) is 0 Å². The van der Waals surface area contributed by atoms with Crippen LogP contribution in [0.3, 0.4) is 0 Å². The van der Waals surface area contributed by atoms with E-state index in [0.29, 0.717) is 23.4 Å². The molecule has 2 bridgehead atoms. The van der Waals surface area contributed by atoms with Crippen LogP contribution in [-0.2, 0) is 14.2 Å². The Kier molecular flexibility index (Phi) is 5.23. The molecule has 1 unspecified atom stereocenters. The van der Waals surface area contributed by atoms with Crippen molar-refractivity contribution in [1.29, 1.82) is 0 Å². The molecule has 0 saturated carbocycles. The van der Waals surface area contributed by atoms with E-state index in [4.69, 9.17) is 14.2 Å². The highest BCUT2D eigenvalue weighted by Crippen LogP contribution is 2.35. The van der Waals surface area contributed by atoms with E-state index in [1.54, 1.807) is 60.8 Å². The molecule has 0 aromatic heterocycles. The van der Waals surface area contributed by atoms with E-state index in [0.717, 1.165) is 0 Å². The van der Waals surface area contributed by atoms with Crippen LogP contribution in [0.1, 0.15) is 27.1 Å². The van der Waals surface area contributed by atoms with Crippen molar-refractivity contribution in [3.63, 3.8) is 0 Å². The Hall–Kier alpha value is -3.49. The first-order valence-corrected chi connectivity index (χ1v) is 10.1. The molecule has 1 N–H and O–H groups in total. The molecule has 0 aliphatic carbocycles. The van der Waals surface area contributed by atoms with Crippen molar-refractivity contribution in [2.24, 2.45) is 4.99 Å². The summed E-state index contributed by atoms with van der Waals surface area (Å²) >= 11 is 0. The van der Waals surface area contributed by atoms with Gasteiger partial charge in [0.25, 0.3) is 5.91 Å². The predicted molar refractivity (Wildman–Crippen MR) is 111 cm³/mol. The highest BCUT2D eigenvalue weighted by atomic mass is 16.6. The van der Waals surface area contributed by atoms with Crippen molar-refractivity contribution < 1.29 is 23.8 Å². The first-order valence-electron chi connectivity index (χ1n) is 10.1. The maximum absolute atomic E-state index is 12.4. The number of carbonyl (C=O) groups is 2. The van der Waals surface area contributed by atoms with E-state index in [1.807, 2.05) is 17.0 Å². The molecule has 3 heterocycles. The number of amides is 1. The van der Waals surface area contributed by atoms with E-state index >= 15 is 0 Å². The van der Waals surface area contributed by atoms with Crippen LogP contribution in [0.15, 0.2) is 77.9 Å². The van der Waals surface area contributed by atoms with Gasteiger partial charge in [-0.05, 0) is 30.3 Å². The Balaban J connectivity index is 1.20. The number of nitrogens with one attached hydrogen (secondary N) is 1. The molecule has 158 valence electrons. The number of nitrogens with zero attached hydrogens (tertiary/aromatic N) is 2. The van der Waals surface area contributed by atoms with Gasteiger partial charge in [-0.2, -0.15) is 0 Å². The SMILES string of the molecule is O=C(NC1=NC2O[C@H]3C[C@@H](O[C@@H]3COC(=O)c3ccccc3)N2C=C1)c1ccccc1. The Morgan fingerprint density at radius 1 is 1.03 bits per heavy atom. The van der Waals surface area contributed by atoms with Crippen molar-refractivity contribution >= 4 is 17.7 Å². The van der Waals surface area contributed by atoms with E-state index < -0.39 is 12.3 Å². The number of ether oxygens (including phenoxy) is 3. The van der Waals surface area contributed by atoms with Gasteiger partial charge in [-0.15, -0.1) is 0 Å². The van der Waals surface area contributed by atoms with Gasteiger partial charge in [-0.3, -0.25) is 4.79 Å². The molecule has 0 spiro atoms. The Morgan fingerprint density at radius 2 is 1.74 bits per heavy atom. The van der Waals surface area contributed by atoms with Crippen molar-refractivity contribution in [2.45, 2.75) is 31.2 Å². The third kappa shape index (κ3) is 4.08. The quantitative estimate of drug-likeness (QED) is 0.765. The monoisotopic (exact) mass is 419 g/mol. The number of benzene rings is 2. The molecular weight excluding hydrogens is 398 g/mol. The maximum atomic E-state index is 12.4. The molecule has 4 atom stereocenters. The molecule has 8 heteroatoms. The largest absolute Gasteiger partial charge is 0.459 e. The first kappa shape index (κ1) is 19.5. The number of hydrogen-bond donors (Lipinski definition) is 1. The molecule has 3 aliphatic heterocycles. The maximum Gasteiger partial charge on any atom is 0.338 e. The Morgan fingerprint density at radius 3 is 2.48 bits per heavy atom. The zero-order chi connectivity index (χ0) is 21.2. The fourth-order valence-electron chi connectivity index (χ4n) is 3.80. The van der Waals surface area contributed by atoms with Crippen LogP contribution in [0.25, 0.3) is 0 Å². The van der Waals surface area contributed by atoms with Crippen molar-refractivity contribution in [1.82, 2.24) is 10.2 Å². The molecule has 2 fully saturated rings. The van der Waals surface area contributed by atoms with E-state index in [9.17, 15) is 9.59 Å². The molecule has 1 amide bonds. The van der Waals surface area contributed by atoms with Gasteiger partial charge in [-0.1, -0.05) is 36.4 Å². The van der Waals surface area contributed by atoms with Gasteiger partial charge in [0.05, 0.1) is 11.7 Å². The van der Waals surface area contributed by atoms with Crippen LogP contribution in [0.5, 0.6) is 0 Å². The summed E-state index contributed by atoms with van der Waals surface area (Å²) in [4.78, 5) is 30.9. The number of carbonyl (C=O) groups excluding carboxylic acids is 2. The number of hydrogen-bond acceptors (Lipinski definition) is 7. The molecule has 2 saturated heterocycles. The van der Waals surface area contributed by atoms with Crippen LogP contribution in [0, 0.1) is 0 Å². The summed E-state index contributed by atoms with van der Waals surface area (Å²) in [5, 5.41) is 2.80. The summed E-state index contributed by atoms with van der Waals surface area (Å²) in [5.41, 5.74) is 1.04. The highest BCUT2D eigenvalue weighted by Gasteiger charge is 2.47. The number of fused-ring (bicyclic) bond motifs is 4. The molecule has 2 aromatic carbocycles. The van der Waals surface area contributed by atoms with Gasteiger partial charge in [-0.25, -0.2) is 9.79 Å². The normalized spacial score (nSPS) is 26.1. The second-order valence-electron chi connectivity index (χ2n) is 7.43. The molecule has 5 rings (SSSR count). The van der Waals surface area contributed by atoms with Crippen LogP contribution >= 0.6 is 0 Å². The minimum absolute atomic E-state index is 0.0977. The fraction of sp³-hybridized carbons (Fsp3) is 0.261. The van der Waals surface area contributed by atoms with E-state index in [-0.39, 0.29) is 30.9 Å². The van der Waals surface area contributed by atoms with Gasteiger partial charge < -0.3 is 24.4 Å². The molecule has 8 nitrogen and oxygen atoms in total. The first-order chi connectivity index (χ1) is 15.2. The Bertz CT molecular complexity index is 1020. The number of aliphatic imine (C=N–C) groups is 1. The summed E-state index contributed by atoms with van der Waals surface area (Å²) in [6.07, 6.45) is 2.70. The zero-order valence-electron chi connectivity index (χ0n) is 16.6. The highest BCUT2D eigenvalue weighted by molar-refractivity contribution is 6.10. The number of amidine groups is 1. The number of esters is 1. The van der Waals surface area contributed by atoms with Crippen LogP contribution in [0.4, 0.5) is 0 Å². The fourth-order valence-corrected chi connectivity index (χ4v) is 3.80. The van der Waals surface area contributed by atoms with Crippen LogP contribution < -0.4 is 5.32 Å². The van der Waals surface area contributed by atoms with Crippen LogP contribution in [-0.4, -0.2) is 54.0 Å². The minimum atomic E-state index is -0.602. The number of rotatable bonds is 4. The molecule has 2 aromatic rings. The van der Waals surface area contributed by atoms with Gasteiger partial charge in [0.1, 0.15) is 24.8 Å². The second-order valence-corrected chi connectivity index (χ2v) is 7.43. The lowest BCUT2D eigenvalue weighted by atomic mass is 10.1. The van der Waals surface area contributed by atoms with Crippen molar-refractivity contribution in [3.05, 3.63) is 84.1 Å². The van der Waals surface area contributed by atoms with Gasteiger partial charge in [0.15, 0.2) is 0 Å². The minimum Gasteiger partial charge on any atom is -0.459 e. The lowest BCUT2D eigenvalue weighted by molar-refractivity contribution is -0.130. The predicted octanol–water partition coefficient (Wildman–Crippen LogP) is 2.30. The standard InChI is InChI=1S/C23H21N3O5/c27-21(15-7-3-1-4-8-15)24-19-11-12-26-20-13-17(31-23(26)25-19)18(30-20)14-29-22(28)16-9-5-2-6-10-16/h1-12,17-18,20,23H,13-14H2,(H,24,25,27)/t17-,18+,20+,23?/m0/s1. The van der Waals surface area contributed by atoms with E-state index in [2.05, 4.69) is 10.3 Å². The van der Waals surface area contributed by atoms with Gasteiger partial charge >= 0.3 is 5.97 Å². The topological polar surface area (TPSA) is 89.5 Å². The van der Waals surface area contributed by atoms with Crippen molar-refractivity contribution in [2.75, 3.05) is 6.61 Å². The lowest BCUT2D eigenvalue weighted by Crippen LogP contribution is -2.48. The van der Waals surface area contributed by atoms with Crippen LogP contribution in [0.2, 0.25) is 0 Å². The summed E-state index contributed by atoms with van der Waals surface area (Å²) < 4.78 is 17.5. The van der Waals surface area contributed by atoms with E-state index in [1.165, 1.54) is 0 Å². The van der Waals surface area contributed by atoms with Gasteiger partial charge in [0.2, 0.25) is 6.35 Å². The zero-order valence-corrected chi connectivity index (χ0v) is 16.6. The lowest BCUT2D eigenvalue weighted by Gasteiger charge is -2.37. The summed E-state index contributed by atoms with van der Waals surface area (Å²) in [6.45, 7) is 0.0977. The average Bonchev–Trinajstić information content (AvgIpc) is 3.14. The average molecular weight is 419 g/mol. The molecule has 31 heavy (non-hydrogen) atoms. The second kappa shape index (κ2) is 8.33. The molecular formula is C23H21N3O5. The molecule has 3 aliphatic rings. The Labute approximate surface area is 179 Å². The summed E-state index contributed by atoms with van der Waals surface area (Å²) in [6, 6.07) is 17.8. The molecule has 0 radical (unpaired) electrons. The smallest absolute Gasteiger partial charge is 0.338 e. The summed E-state index contributed by atoms with van der Waals surface area (Å²) in [5.74, 6) is -0.214. The van der Waals surface area contributed by atoms with Gasteiger partial charge in [0, 0.05) is 18.2 Å². The third-order valence-corrected chi connectivity index (χ3v) is 5.38. The third-order valence-electron chi connectivity index (χ3n) is 5.38. The summed E-state index contributed by atoms with van der Waals surface area (Å²) in [7, 11) is 0.